The number of fused-ring (bicyclic) bond motifs is 1. The van der Waals surface area contributed by atoms with Gasteiger partial charge < -0.3 is 20.2 Å². The van der Waals surface area contributed by atoms with Crippen molar-refractivity contribution in [2.24, 2.45) is 0 Å². The molecule has 2 N–H and O–H groups in total. The van der Waals surface area contributed by atoms with Crippen LogP contribution in [0, 0.1) is 6.92 Å². The maximum Gasteiger partial charge on any atom is 0.255 e. The summed E-state index contributed by atoms with van der Waals surface area (Å²) in [5, 5.41) is 17.5. The minimum absolute atomic E-state index is 0.0221. The number of aryl methyl sites for hydroxylation is 1. The molecule has 1 saturated heterocycles. The van der Waals surface area contributed by atoms with Crippen molar-refractivity contribution in [1.82, 2.24) is 24.4 Å². The highest BCUT2D eigenvalue weighted by atomic mass is 16.3. The molecule has 2 aromatic heterocycles. The minimum Gasteiger partial charge on any atom is -0.394 e. The molecule has 8 nitrogen and oxygen atoms in total. The van der Waals surface area contributed by atoms with Gasteiger partial charge in [-0.2, -0.15) is 5.10 Å². The summed E-state index contributed by atoms with van der Waals surface area (Å²) < 4.78 is 1.69. The Bertz CT molecular complexity index is 995. The first kappa shape index (κ1) is 19.4. The third-order valence-corrected chi connectivity index (χ3v) is 5.54. The number of aromatic nitrogens is 3. The van der Waals surface area contributed by atoms with Gasteiger partial charge in [0.2, 0.25) is 0 Å². The lowest BCUT2D eigenvalue weighted by atomic mass is 10.1. The van der Waals surface area contributed by atoms with E-state index in [1.807, 2.05) is 42.2 Å². The highest BCUT2D eigenvalue weighted by Crippen LogP contribution is 2.27. The number of benzene rings is 1. The highest BCUT2D eigenvalue weighted by Gasteiger charge is 2.25. The van der Waals surface area contributed by atoms with Crippen molar-refractivity contribution < 1.29 is 9.90 Å². The molecule has 1 aliphatic rings. The Morgan fingerprint density at radius 3 is 2.62 bits per heavy atom. The van der Waals surface area contributed by atoms with E-state index in [0.29, 0.717) is 11.4 Å². The van der Waals surface area contributed by atoms with E-state index in [2.05, 4.69) is 27.3 Å². The van der Waals surface area contributed by atoms with Crippen molar-refractivity contribution in [1.29, 1.82) is 0 Å². The van der Waals surface area contributed by atoms with E-state index < -0.39 is 0 Å². The average molecular weight is 394 g/mol. The van der Waals surface area contributed by atoms with E-state index in [1.54, 1.807) is 10.7 Å². The number of carbonyl (C=O) groups excluding carboxylic acids is 1. The van der Waals surface area contributed by atoms with E-state index in [0.717, 1.165) is 42.8 Å². The number of hydrogen-bond donors (Lipinski definition) is 2. The van der Waals surface area contributed by atoms with Gasteiger partial charge in [0.25, 0.3) is 5.91 Å². The standard InChI is InChI=1S/C21H26N6O2/c1-15-17(21(29)26-10-8-25(2)9-11-26)12-27-19(15)20(22-14-23-27)24-18(13-28)16-6-4-3-5-7-16/h3-7,12,14,18,28H,8-11,13H2,1-2H3,(H,22,23,24). The number of aliphatic hydroxyl groups excluding tert-OH is 1. The van der Waals surface area contributed by atoms with Crippen LogP contribution in [0.4, 0.5) is 5.82 Å². The van der Waals surface area contributed by atoms with Crippen molar-refractivity contribution >= 4 is 17.2 Å². The van der Waals surface area contributed by atoms with Crippen molar-refractivity contribution in [2.75, 3.05) is 45.2 Å². The fourth-order valence-corrected chi connectivity index (χ4v) is 3.75. The molecule has 152 valence electrons. The zero-order valence-corrected chi connectivity index (χ0v) is 16.7. The first-order valence-corrected chi connectivity index (χ1v) is 9.81. The third-order valence-electron chi connectivity index (χ3n) is 5.54. The maximum absolute atomic E-state index is 13.1. The number of rotatable bonds is 5. The molecule has 0 saturated carbocycles. The van der Waals surface area contributed by atoms with Gasteiger partial charge in [-0.15, -0.1) is 0 Å². The van der Waals surface area contributed by atoms with Crippen LogP contribution in [-0.2, 0) is 0 Å². The molecule has 1 fully saturated rings. The minimum atomic E-state index is -0.305. The number of carbonyl (C=O) groups is 1. The van der Waals surface area contributed by atoms with Crippen LogP contribution in [0.1, 0.15) is 27.5 Å². The van der Waals surface area contributed by atoms with Gasteiger partial charge in [0.1, 0.15) is 11.8 Å². The van der Waals surface area contributed by atoms with E-state index in [9.17, 15) is 9.90 Å². The predicted molar refractivity (Wildman–Crippen MR) is 111 cm³/mol. The van der Waals surface area contributed by atoms with Gasteiger partial charge >= 0.3 is 0 Å². The summed E-state index contributed by atoms with van der Waals surface area (Å²) in [6.07, 6.45) is 3.23. The second kappa shape index (κ2) is 8.18. The Hall–Kier alpha value is -2.97. The molecule has 29 heavy (non-hydrogen) atoms. The highest BCUT2D eigenvalue weighted by molar-refractivity contribution is 5.99. The summed E-state index contributed by atoms with van der Waals surface area (Å²) in [5.74, 6) is 0.617. The zero-order valence-electron chi connectivity index (χ0n) is 16.7. The van der Waals surface area contributed by atoms with Gasteiger partial charge in [0, 0.05) is 32.4 Å². The molecular formula is C21H26N6O2. The Kier molecular flexibility index (Phi) is 5.46. The second-order valence-electron chi connectivity index (χ2n) is 7.46. The van der Waals surface area contributed by atoms with Crippen molar-refractivity contribution in [3.05, 3.63) is 59.5 Å². The van der Waals surface area contributed by atoms with Crippen molar-refractivity contribution in [3.8, 4) is 0 Å². The summed E-state index contributed by atoms with van der Waals surface area (Å²) in [4.78, 5) is 21.6. The molecule has 1 atom stereocenters. The number of anilines is 1. The van der Waals surface area contributed by atoms with Crippen LogP contribution in [-0.4, -0.2) is 75.2 Å². The van der Waals surface area contributed by atoms with Gasteiger partial charge in [-0.05, 0) is 25.1 Å². The van der Waals surface area contributed by atoms with Crippen molar-refractivity contribution in [2.45, 2.75) is 13.0 Å². The topological polar surface area (TPSA) is 86.0 Å². The molecule has 1 unspecified atom stereocenters. The van der Waals surface area contributed by atoms with Crippen LogP contribution >= 0.6 is 0 Å². The third kappa shape index (κ3) is 3.81. The van der Waals surface area contributed by atoms with E-state index in [1.165, 1.54) is 6.33 Å². The number of amides is 1. The zero-order chi connectivity index (χ0) is 20.4. The van der Waals surface area contributed by atoms with Gasteiger partial charge in [-0.1, -0.05) is 30.3 Å². The summed E-state index contributed by atoms with van der Waals surface area (Å²) in [6.45, 7) is 5.04. The smallest absolute Gasteiger partial charge is 0.255 e. The lowest BCUT2D eigenvalue weighted by molar-refractivity contribution is 0.0663. The number of aliphatic hydroxyl groups is 1. The van der Waals surface area contributed by atoms with Gasteiger partial charge in [-0.25, -0.2) is 9.50 Å². The molecule has 1 aromatic carbocycles. The van der Waals surface area contributed by atoms with Gasteiger partial charge in [0.05, 0.1) is 18.2 Å². The molecule has 8 heteroatoms. The normalized spacial score (nSPS) is 16.2. The van der Waals surface area contributed by atoms with Crippen LogP contribution in [0.5, 0.6) is 0 Å². The summed E-state index contributed by atoms with van der Waals surface area (Å²) >= 11 is 0. The molecule has 3 aromatic rings. The lowest BCUT2D eigenvalue weighted by Gasteiger charge is -2.32. The molecule has 0 bridgehead atoms. The Balaban J connectivity index is 1.65. The quantitative estimate of drug-likeness (QED) is 0.683. The van der Waals surface area contributed by atoms with E-state index in [4.69, 9.17) is 0 Å². The van der Waals surface area contributed by atoms with E-state index >= 15 is 0 Å². The van der Waals surface area contributed by atoms with Crippen molar-refractivity contribution in [3.63, 3.8) is 0 Å². The van der Waals surface area contributed by atoms with Crippen LogP contribution in [0.25, 0.3) is 5.52 Å². The molecule has 0 radical (unpaired) electrons. The predicted octanol–water partition coefficient (Wildman–Crippen LogP) is 1.57. The van der Waals surface area contributed by atoms with Crippen LogP contribution in [0.2, 0.25) is 0 Å². The summed E-state index contributed by atoms with van der Waals surface area (Å²) in [6, 6.07) is 9.42. The number of piperazine rings is 1. The average Bonchev–Trinajstić information content (AvgIpc) is 3.10. The lowest BCUT2D eigenvalue weighted by Crippen LogP contribution is -2.47. The Morgan fingerprint density at radius 1 is 1.21 bits per heavy atom. The maximum atomic E-state index is 13.1. The number of likely N-dealkylation sites (N-methyl/N-ethyl adjacent to an activating group) is 1. The van der Waals surface area contributed by atoms with Gasteiger partial charge in [0.15, 0.2) is 5.82 Å². The second-order valence-corrected chi connectivity index (χ2v) is 7.46. The van der Waals surface area contributed by atoms with Gasteiger partial charge in [-0.3, -0.25) is 4.79 Å². The molecule has 3 heterocycles. The van der Waals surface area contributed by atoms with Crippen LogP contribution in [0.15, 0.2) is 42.9 Å². The van der Waals surface area contributed by atoms with Crippen LogP contribution < -0.4 is 5.32 Å². The molecule has 0 spiro atoms. The molecule has 0 aliphatic carbocycles. The monoisotopic (exact) mass is 394 g/mol. The first-order chi connectivity index (χ1) is 14.1. The molecular weight excluding hydrogens is 368 g/mol. The number of nitrogens with zero attached hydrogens (tertiary/aromatic N) is 5. The Labute approximate surface area is 169 Å². The summed E-state index contributed by atoms with van der Waals surface area (Å²) in [7, 11) is 2.07. The molecule has 1 aliphatic heterocycles. The first-order valence-electron chi connectivity index (χ1n) is 9.81. The molecule has 4 rings (SSSR count). The molecule has 1 amide bonds. The SMILES string of the molecule is Cc1c(C(=O)N2CCN(C)CC2)cn2ncnc(NC(CO)c3ccccc3)c12. The number of hydrogen-bond acceptors (Lipinski definition) is 6. The fraction of sp³-hybridized carbons (Fsp3) is 0.381. The largest absolute Gasteiger partial charge is 0.394 e. The van der Waals surface area contributed by atoms with E-state index in [-0.39, 0.29) is 18.6 Å². The fourth-order valence-electron chi connectivity index (χ4n) is 3.75. The Morgan fingerprint density at radius 2 is 1.93 bits per heavy atom. The number of nitrogens with one attached hydrogen (secondary N) is 1. The van der Waals surface area contributed by atoms with Crippen LogP contribution in [0.3, 0.4) is 0 Å². The summed E-state index contributed by atoms with van der Waals surface area (Å²) in [5.41, 5.74) is 3.18.